The van der Waals surface area contributed by atoms with Crippen LogP contribution in [0.4, 0.5) is 0 Å². The molecule has 0 heterocycles. The van der Waals surface area contributed by atoms with E-state index in [0.717, 1.165) is 16.7 Å². The van der Waals surface area contributed by atoms with Crippen molar-refractivity contribution in [2.45, 2.75) is 25.7 Å². The van der Waals surface area contributed by atoms with Gasteiger partial charge in [0.25, 0.3) is 0 Å². The van der Waals surface area contributed by atoms with E-state index < -0.39 is 10.0 Å². The van der Waals surface area contributed by atoms with Crippen LogP contribution in [-0.2, 0) is 10.0 Å². The molecule has 1 aromatic rings. The van der Waals surface area contributed by atoms with Crippen LogP contribution in [0.15, 0.2) is 17.0 Å². The number of hydrogen-bond acceptors (Lipinski definition) is 3. The van der Waals surface area contributed by atoms with Crippen molar-refractivity contribution in [1.29, 1.82) is 0 Å². The molecule has 4 nitrogen and oxygen atoms in total. The number of thiocarbonyl (C=S) groups is 1. The van der Waals surface area contributed by atoms with Gasteiger partial charge >= 0.3 is 0 Å². The Morgan fingerprint density at radius 1 is 1.29 bits per heavy atom. The molecule has 0 bridgehead atoms. The van der Waals surface area contributed by atoms with E-state index in [9.17, 15) is 8.42 Å². The molecule has 0 aliphatic rings. The van der Waals surface area contributed by atoms with E-state index in [0.29, 0.717) is 4.90 Å². The minimum absolute atomic E-state index is 0.0234. The Labute approximate surface area is 107 Å². The molecule has 94 valence electrons. The Morgan fingerprint density at radius 2 is 1.76 bits per heavy atom. The summed E-state index contributed by atoms with van der Waals surface area (Å²) in [5, 5.41) is 0. The summed E-state index contributed by atoms with van der Waals surface area (Å²) in [5.74, 6) is 0. The summed E-state index contributed by atoms with van der Waals surface area (Å²) in [6.45, 7) is 5.45. The van der Waals surface area contributed by atoms with Gasteiger partial charge in [0, 0.05) is 0 Å². The number of sulfonamides is 1. The third-order valence-electron chi connectivity index (χ3n) is 2.31. The predicted octanol–water partition coefficient (Wildman–Crippen LogP) is 1.18. The van der Waals surface area contributed by atoms with Crippen molar-refractivity contribution in [3.05, 3.63) is 28.8 Å². The molecule has 1 rings (SSSR count). The maximum absolute atomic E-state index is 12.1. The molecule has 0 spiro atoms. The van der Waals surface area contributed by atoms with Gasteiger partial charge in [-0.3, -0.25) is 0 Å². The first-order valence-corrected chi connectivity index (χ1v) is 6.99. The van der Waals surface area contributed by atoms with E-state index in [1.54, 1.807) is 13.8 Å². The average molecular weight is 272 g/mol. The van der Waals surface area contributed by atoms with Gasteiger partial charge in [0.15, 0.2) is 0 Å². The molecule has 0 amide bonds. The number of benzene rings is 1. The zero-order valence-electron chi connectivity index (χ0n) is 10.1. The number of nitrogens with one attached hydrogen (secondary N) is 1. The van der Waals surface area contributed by atoms with Crippen molar-refractivity contribution in [1.82, 2.24) is 4.72 Å². The maximum Gasteiger partial charge on any atom is 0.241 e. The minimum atomic E-state index is -3.55. The summed E-state index contributed by atoms with van der Waals surface area (Å²) in [6, 6.07) is 3.67. The Bertz CT molecular complexity index is 528. The van der Waals surface area contributed by atoms with Crippen molar-refractivity contribution < 1.29 is 8.42 Å². The summed E-state index contributed by atoms with van der Waals surface area (Å²) in [4.78, 5) is 0.426. The lowest BCUT2D eigenvalue weighted by molar-refractivity contribution is 0.585. The lowest BCUT2D eigenvalue weighted by Gasteiger charge is -2.12. The fourth-order valence-corrected chi connectivity index (χ4v) is 3.45. The van der Waals surface area contributed by atoms with Gasteiger partial charge in [0.1, 0.15) is 0 Å². The largest absolute Gasteiger partial charge is 0.392 e. The van der Waals surface area contributed by atoms with Gasteiger partial charge in [0.05, 0.1) is 16.4 Å². The Kier molecular flexibility index (Phi) is 4.24. The van der Waals surface area contributed by atoms with Gasteiger partial charge in [-0.1, -0.05) is 29.9 Å². The first kappa shape index (κ1) is 14.1. The second-order valence-electron chi connectivity index (χ2n) is 4.02. The molecule has 0 fully saturated rings. The van der Waals surface area contributed by atoms with Crippen LogP contribution < -0.4 is 10.5 Å². The zero-order chi connectivity index (χ0) is 13.2. The highest BCUT2D eigenvalue weighted by Crippen LogP contribution is 2.21. The molecule has 0 unspecified atom stereocenters. The molecule has 0 aliphatic carbocycles. The number of nitrogens with two attached hydrogens (primary N) is 1. The van der Waals surface area contributed by atoms with Crippen molar-refractivity contribution in [3.8, 4) is 0 Å². The van der Waals surface area contributed by atoms with Gasteiger partial charge in [-0.15, -0.1) is 0 Å². The average Bonchev–Trinajstić information content (AvgIpc) is 2.12. The highest BCUT2D eigenvalue weighted by atomic mass is 32.2. The molecular weight excluding hydrogens is 256 g/mol. The van der Waals surface area contributed by atoms with Gasteiger partial charge in [0.2, 0.25) is 10.0 Å². The van der Waals surface area contributed by atoms with E-state index in [-0.39, 0.29) is 11.5 Å². The highest BCUT2D eigenvalue weighted by Gasteiger charge is 2.19. The Balaban J connectivity index is 3.20. The summed E-state index contributed by atoms with van der Waals surface area (Å²) in [5.41, 5.74) is 7.76. The van der Waals surface area contributed by atoms with Crippen molar-refractivity contribution >= 4 is 27.2 Å². The summed E-state index contributed by atoms with van der Waals surface area (Å²) in [7, 11) is -3.55. The first-order chi connectivity index (χ1) is 7.74. The van der Waals surface area contributed by atoms with Crippen LogP contribution in [0, 0.1) is 20.8 Å². The molecule has 3 N–H and O–H groups in total. The SMILES string of the molecule is Cc1cc(C)c(S(=O)(=O)NCC(N)=S)c(C)c1. The Hall–Kier alpha value is -0.980. The predicted molar refractivity (Wildman–Crippen MR) is 72.6 cm³/mol. The molecule has 0 aliphatic heterocycles. The molecule has 17 heavy (non-hydrogen) atoms. The van der Waals surface area contributed by atoms with E-state index in [2.05, 4.69) is 16.9 Å². The third kappa shape index (κ3) is 3.49. The van der Waals surface area contributed by atoms with Crippen LogP contribution >= 0.6 is 12.2 Å². The number of hydrogen-bond donors (Lipinski definition) is 2. The highest BCUT2D eigenvalue weighted by molar-refractivity contribution is 7.89. The van der Waals surface area contributed by atoms with Crippen molar-refractivity contribution in [3.63, 3.8) is 0 Å². The second kappa shape index (κ2) is 5.12. The normalized spacial score (nSPS) is 11.5. The molecule has 6 heteroatoms. The van der Waals surface area contributed by atoms with Crippen LogP contribution in [0.5, 0.6) is 0 Å². The standard InChI is InChI=1S/C11H16N2O2S2/c1-7-4-8(2)11(9(3)5-7)17(14,15)13-6-10(12)16/h4-5,13H,6H2,1-3H3,(H2,12,16). The van der Waals surface area contributed by atoms with E-state index in [1.165, 1.54) is 0 Å². The topological polar surface area (TPSA) is 72.2 Å². The minimum Gasteiger partial charge on any atom is -0.392 e. The molecule has 0 atom stereocenters. The molecule has 0 aromatic heterocycles. The van der Waals surface area contributed by atoms with Gasteiger partial charge in [-0.05, 0) is 31.9 Å². The van der Waals surface area contributed by atoms with Gasteiger partial charge < -0.3 is 5.73 Å². The quantitative estimate of drug-likeness (QED) is 0.807. The summed E-state index contributed by atoms with van der Waals surface area (Å²) >= 11 is 4.65. The van der Waals surface area contributed by atoms with Gasteiger partial charge in [-0.2, -0.15) is 0 Å². The molecular formula is C11H16N2O2S2. The van der Waals surface area contributed by atoms with Crippen molar-refractivity contribution in [2.75, 3.05) is 6.54 Å². The van der Waals surface area contributed by atoms with E-state index in [4.69, 9.17) is 5.73 Å². The molecule has 0 saturated heterocycles. The summed E-state index contributed by atoms with van der Waals surface area (Å²) < 4.78 is 26.5. The zero-order valence-corrected chi connectivity index (χ0v) is 11.7. The van der Waals surface area contributed by atoms with Crippen LogP contribution in [-0.4, -0.2) is 20.0 Å². The monoisotopic (exact) mass is 272 g/mol. The van der Waals surface area contributed by atoms with Crippen LogP contribution in [0.25, 0.3) is 0 Å². The fourth-order valence-electron chi connectivity index (χ4n) is 1.83. The van der Waals surface area contributed by atoms with Crippen molar-refractivity contribution in [2.24, 2.45) is 5.73 Å². The number of rotatable bonds is 4. The first-order valence-electron chi connectivity index (χ1n) is 5.10. The van der Waals surface area contributed by atoms with Gasteiger partial charge in [-0.25, -0.2) is 13.1 Å². The van der Waals surface area contributed by atoms with E-state index in [1.807, 2.05) is 19.1 Å². The third-order valence-corrected chi connectivity index (χ3v) is 4.16. The lowest BCUT2D eigenvalue weighted by atomic mass is 10.1. The van der Waals surface area contributed by atoms with Crippen LogP contribution in [0.1, 0.15) is 16.7 Å². The molecule has 0 saturated carbocycles. The fraction of sp³-hybridized carbons (Fsp3) is 0.364. The lowest BCUT2D eigenvalue weighted by Crippen LogP contribution is -2.33. The molecule has 0 radical (unpaired) electrons. The second-order valence-corrected chi connectivity index (χ2v) is 6.25. The van der Waals surface area contributed by atoms with Crippen LogP contribution in [0.2, 0.25) is 0 Å². The number of aryl methyl sites for hydroxylation is 3. The smallest absolute Gasteiger partial charge is 0.241 e. The molecule has 1 aromatic carbocycles. The van der Waals surface area contributed by atoms with E-state index >= 15 is 0 Å². The maximum atomic E-state index is 12.1. The van der Waals surface area contributed by atoms with Crippen LogP contribution in [0.3, 0.4) is 0 Å². The summed E-state index contributed by atoms with van der Waals surface area (Å²) in [6.07, 6.45) is 0. The Morgan fingerprint density at radius 3 is 2.18 bits per heavy atom.